The number of fused-ring (bicyclic) bond motifs is 2. The van der Waals surface area contributed by atoms with E-state index >= 15 is 0 Å². The molecule has 0 radical (unpaired) electrons. The van der Waals surface area contributed by atoms with Crippen molar-refractivity contribution >= 4 is 17.5 Å². The number of nitrogens with zero attached hydrogens (tertiary/aromatic N) is 3. The van der Waals surface area contributed by atoms with E-state index < -0.39 is 6.03 Å². The van der Waals surface area contributed by atoms with Gasteiger partial charge in [0.2, 0.25) is 0 Å². The highest BCUT2D eigenvalue weighted by molar-refractivity contribution is 5.74. The number of urea groups is 1. The fourth-order valence-corrected chi connectivity index (χ4v) is 2.24. The van der Waals surface area contributed by atoms with E-state index in [1.807, 2.05) is 29.2 Å². The molecule has 3 N–H and O–H groups in total. The first kappa shape index (κ1) is 11.5. The van der Waals surface area contributed by atoms with Crippen LogP contribution >= 0.6 is 0 Å². The van der Waals surface area contributed by atoms with Crippen molar-refractivity contribution in [3.8, 4) is 0 Å². The highest BCUT2D eigenvalue weighted by Gasteiger charge is 2.24. The molecule has 96 valence electrons. The van der Waals surface area contributed by atoms with E-state index in [4.69, 9.17) is 5.73 Å². The number of benzene rings is 1. The maximum Gasteiger partial charge on any atom is 0.313 e. The number of primary amides is 1. The Morgan fingerprint density at radius 2 is 2.11 bits per heavy atom. The molecule has 1 aromatic carbocycles. The Bertz CT molecular complexity index is 582. The van der Waals surface area contributed by atoms with Crippen molar-refractivity contribution in [2.24, 2.45) is 5.73 Å². The number of anilines is 2. The second-order valence-electron chi connectivity index (χ2n) is 4.26. The first-order valence-corrected chi connectivity index (χ1v) is 5.94. The SMILES string of the molecule is NC(=O)NCN1c2ccccc2Cc2nccnc21. The molecule has 6 nitrogen and oxygen atoms in total. The van der Waals surface area contributed by atoms with Crippen LogP contribution in [0.1, 0.15) is 11.3 Å². The fraction of sp³-hybridized carbons (Fsp3) is 0.154. The molecule has 1 aliphatic rings. The summed E-state index contributed by atoms with van der Waals surface area (Å²) >= 11 is 0. The summed E-state index contributed by atoms with van der Waals surface area (Å²) in [7, 11) is 0. The van der Waals surface area contributed by atoms with E-state index in [1.54, 1.807) is 12.4 Å². The molecule has 2 amide bonds. The van der Waals surface area contributed by atoms with Gasteiger partial charge in [-0.25, -0.2) is 9.78 Å². The third-order valence-electron chi connectivity index (χ3n) is 3.06. The van der Waals surface area contributed by atoms with Gasteiger partial charge in [-0.3, -0.25) is 4.98 Å². The molecule has 0 fully saturated rings. The number of carbonyl (C=O) groups is 1. The minimum atomic E-state index is -0.562. The number of rotatable bonds is 2. The number of carbonyl (C=O) groups excluding carboxylic acids is 1. The van der Waals surface area contributed by atoms with Gasteiger partial charge in [-0.2, -0.15) is 0 Å². The van der Waals surface area contributed by atoms with Crippen LogP contribution in [0.4, 0.5) is 16.3 Å². The monoisotopic (exact) mass is 255 g/mol. The minimum absolute atomic E-state index is 0.276. The van der Waals surface area contributed by atoms with E-state index in [2.05, 4.69) is 15.3 Å². The number of nitrogens with two attached hydrogens (primary N) is 1. The third-order valence-corrected chi connectivity index (χ3v) is 3.06. The van der Waals surface area contributed by atoms with E-state index in [1.165, 1.54) is 0 Å². The van der Waals surface area contributed by atoms with Crippen LogP contribution in [0.15, 0.2) is 36.7 Å². The topological polar surface area (TPSA) is 84.1 Å². The molecule has 19 heavy (non-hydrogen) atoms. The maximum atomic E-state index is 10.9. The minimum Gasteiger partial charge on any atom is -0.352 e. The Balaban J connectivity index is 2.03. The van der Waals surface area contributed by atoms with Crippen molar-refractivity contribution in [1.82, 2.24) is 15.3 Å². The molecule has 0 saturated carbocycles. The van der Waals surface area contributed by atoms with Crippen molar-refractivity contribution in [3.05, 3.63) is 47.9 Å². The zero-order valence-electron chi connectivity index (χ0n) is 10.2. The van der Waals surface area contributed by atoms with Crippen molar-refractivity contribution in [2.45, 2.75) is 6.42 Å². The fourth-order valence-electron chi connectivity index (χ4n) is 2.24. The van der Waals surface area contributed by atoms with Crippen LogP contribution in [-0.4, -0.2) is 22.7 Å². The normalized spacial score (nSPS) is 12.5. The van der Waals surface area contributed by atoms with E-state index in [-0.39, 0.29) is 6.67 Å². The average Bonchev–Trinajstić information content (AvgIpc) is 2.43. The molecule has 0 atom stereocenters. The lowest BCUT2D eigenvalue weighted by Crippen LogP contribution is -2.40. The molecule has 0 spiro atoms. The standard InChI is InChI=1S/C13H13N5O/c14-13(19)17-8-18-11-4-2-1-3-9(11)7-10-12(18)16-6-5-15-10/h1-6H,7-8H2,(H3,14,17,19). The first-order chi connectivity index (χ1) is 9.25. The first-order valence-electron chi connectivity index (χ1n) is 5.94. The Morgan fingerprint density at radius 1 is 1.32 bits per heavy atom. The van der Waals surface area contributed by atoms with E-state index in [9.17, 15) is 4.79 Å². The van der Waals surface area contributed by atoms with Gasteiger partial charge in [0, 0.05) is 24.5 Å². The van der Waals surface area contributed by atoms with Gasteiger partial charge in [0.25, 0.3) is 0 Å². The molecule has 0 bridgehead atoms. The zero-order valence-corrected chi connectivity index (χ0v) is 10.2. The second-order valence-corrected chi connectivity index (χ2v) is 4.26. The zero-order chi connectivity index (χ0) is 13.2. The smallest absolute Gasteiger partial charge is 0.313 e. The predicted octanol–water partition coefficient (Wildman–Crippen LogP) is 1.14. The summed E-state index contributed by atoms with van der Waals surface area (Å²) in [6.45, 7) is 0.276. The van der Waals surface area contributed by atoms with Crippen LogP contribution in [0.2, 0.25) is 0 Å². The van der Waals surface area contributed by atoms with Gasteiger partial charge < -0.3 is 16.0 Å². The Hall–Kier alpha value is -2.63. The van der Waals surface area contributed by atoms with Gasteiger partial charge in [0.05, 0.1) is 12.4 Å². The van der Waals surface area contributed by atoms with Crippen LogP contribution in [0.25, 0.3) is 0 Å². The summed E-state index contributed by atoms with van der Waals surface area (Å²) in [4.78, 5) is 21.5. The Morgan fingerprint density at radius 3 is 2.95 bits per heavy atom. The van der Waals surface area contributed by atoms with Crippen LogP contribution in [0, 0.1) is 0 Å². The van der Waals surface area contributed by atoms with Crippen LogP contribution < -0.4 is 16.0 Å². The number of hydrogen-bond donors (Lipinski definition) is 2. The molecule has 1 aromatic heterocycles. The van der Waals surface area contributed by atoms with Gasteiger partial charge in [-0.05, 0) is 11.6 Å². The molecule has 1 aliphatic heterocycles. The Kier molecular flexibility index (Phi) is 2.75. The molecule has 6 heteroatoms. The van der Waals surface area contributed by atoms with Crippen molar-refractivity contribution in [3.63, 3.8) is 0 Å². The van der Waals surface area contributed by atoms with Crippen molar-refractivity contribution in [1.29, 1.82) is 0 Å². The van der Waals surface area contributed by atoms with Gasteiger partial charge >= 0.3 is 6.03 Å². The molecule has 0 aliphatic carbocycles. The van der Waals surface area contributed by atoms with Crippen LogP contribution in [0.5, 0.6) is 0 Å². The van der Waals surface area contributed by atoms with Crippen LogP contribution in [-0.2, 0) is 6.42 Å². The third kappa shape index (κ3) is 2.08. The summed E-state index contributed by atoms with van der Waals surface area (Å²) in [6.07, 6.45) is 4.06. The summed E-state index contributed by atoms with van der Waals surface area (Å²) in [6, 6.07) is 7.42. The number of para-hydroxylation sites is 1. The molecular weight excluding hydrogens is 242 g/mol. The molecule has 0 unspecified atom stereocenters. The maximum absolute atomic E-state index is 10.9. The Labute approximate surface area is 110 Å². The number of hydrogen-bond acceptors (Lipinski definition) is 4. The van der Waals surface area contributed by atoms with Gasteiger partial charge in [0.1, 0.15) is 0 Å². The summed E-state index contributed by atoms with van der Waals surface area (Å²) in [5.41, 5.74) is 8.20. The van der Waals surface area contributed by atoms with Gasteiger partial charge in [0.15, 0.2) is 5.82 Å². The summed E-state index contributed by atoms with van der Waals surface area (Å²) in [5, 5.41) is 2.59. The van der Waals surface area contributed by atoms with Crippen molar-refractivity contribution in [2.75, 3.05) is 11.6 Å². The molecule has 2 aromatic rings. The number of aromatic nitrogens is 2. The molecule has 2 heterocycles. The van der Waals surface area contributed by atoms with Crippen molar-refractivity contribution < 1.29 is 4.79 Å². The lowest BCUT2D eigenvalue weighted by Gasteiger charge is -2.31. The summed E-state index contributed by atoms with van der Waals surface area (Å²) in [5.74, 6) is 0.759. The van der Waals surface area contributed by atoms with Crippen LogP contribution in [0.3, 0.4) is 0 Å². The van der Waals surface area contributed by atoms with E-state index in [0.717, 1.165) is 29.2 Å². The highest BCUT2D eigenvalue weighted by atomic mass is 16.2. The number of nitrogens with one attached hydrogen (secondary N) is 1. The van der Waals surface area contributed by atoms with Gasteiger partial charge in [-0.1, -0.05) is 18.2 Å². The molecule has 3 rings (SSSR count). The summed E-state index contributed by atoms with van der Waals surface area (Å²) < 4.78 is 0. The highest BCUT2D eigenvalue weighted by Crippen LogP contribution is 2.35. The lowest BCUT2D eigenvalue weighted by molar-refractivity contribution is 0.249. The molecule has 0 saturated heterocycles. The van der Waals surface area contributed by atoms with Gasteiger partial charge in [-0.15, -0.1) is 0 Å². The lowest BCUT2D eigenvalue weighted by atomic mass is 10.0. The number of amides is 2. The molecular formula is C13H13N5O. The largest absolute Gasteiger partial charge is 0.352 e. The predicted molar refractivity (Wildman–Crippen MR) is 71.0 cm³/mol. The quantitative estimate of drug-likeness (QED) is 0.843. The average molecular weight is 255 g/mol. The second kappa shape index (κ2) is 4.56. The van der Waals surface area contributed by atoms with E-state index in [0.29, 0.717) is 0 Å².